The lowest BCUT2D eigenvalue weighted by Gasteiger charge is -2.44. The fraction of sp³-hybridized carbons (Fsp3) is 0.722. The smallest absolute Gasteiger partial charge is 0.291 e. The van der Waals surface area contributed by atoms with Gasteiger partial charge in [0.25, 0.3) is 5.91 Å². The largest absolute Gasteiger partial charge is 0.438 e. The Morgan fingerprint density at radius 1 is 1.31 bits per heavy atom. The van der Waals surface area contributed by atoms with Crippen molar-refractivity contribution in [3.63, 3.8) is 0 Å². The minimum Gasteiger partial charge on any atom is -0.438 e. The quantitative estimate of drug-likeness (QED) is 0.780. The summed E-state index contributed by atoms with van der Waals surface area (Å²) in [5, 5.41) is 0. The van der Waals surface area contributed by atoms with Gasteiger partial charge in [-0.1, -0.05) is 0 Å². The van der Waals surface area contributed by atoms with Crippen LogP contribution in [0.15, 0.2) is 10.8 Å². The van der Waals surface area contributed by atoms with Crippen molar-refractivity contribution >= 4 is 11.8 Å². The van der Waals surface area contributed by atoms with Crippen LogP contribution in [0.2, 0.25) is 0 Å². The molecular formula is C18H27N3O5. The summed E-state index contributed by atoms with van der Waals surface area (Å²) in [5.74, 6) is 0.108. The highest BCUT2D eigenvalue weighted by atomic mass is 16.5. The van der Waals surface area contributed by atoms with E-state index < -0.39 is 0 Å². The third kappa shape index (κ3) is 4.07. The third-order valence-electron chi connectivity index (χ3n) is 5.16. The van der Waals surface area contributed by atoms with Gasteiger partial charge in [0, 0.05) is 45.5 Å². The lowest BCUT2D eigenvalue weighted by Crippen LogP contribution is -2.56. The summed E-state index contributed by atoms with van der Waals surface area (Å²) < 4.78 is 15.8. The highest BCUT2D eigenvalue weighted by molar-refractivity contribution is 5.92. The number of oxazole rings is 1. The van der Waals surface area contributed by atoms with Crippen molar-refractivity contribution in [2.45, 2.75) is 44.7 Å². The zero-order chi connectivity index (χ0) is 18.5. The molecule has 3 rings (SSSR count). The molecule has 1 aromatic heterocycles. The lowest BCUT2D eigenvalue weighted by atomic mass is 9.98. The molecule has 0 saturated carbocycles. The molecule has 144 valence electrons. The molecule has 2 saturated heterocycles. The van der Waals surface area contributed by atoms with Gasteiger partial charge in [-0.2, -0.15) is 0 Å². The Hall–Kier alpha value is -1.93. The van der Waals surface area contributed by atoms with E-state index in [-0.39, 0.29) is 36.3 Å². The van der Waals surface area contributed by atoms with Crippen molar-refractivity contribution in [3.8, 4) is 0 Å². The van der Waals surface area contributed by atoms with E-state index in [1.165, 1.54) is 13.5 Å². The van der Waals surface area contributed by atoms with Crippen LogP contribution < -0.4 is 0 Å². The summed E-state index contributed by atoms with van der Waals surface area (Å²) in [6, 6.07) is 0.125. The molecule has 1 unspecified atom stereocenters. The van der Waals surface area contributed by atoms with E-state index >= 15 is 0 Å². The van der Waals surface area contributed by atoms with E-state index in [1.54, 1.807) is 11.8 Å². The van der Waals surface area contributed by atoms with Crippen molar-refractivity contribution in [1.82, 2.24) is 14.8 Å². The summed E-state index contributed by atoms with van der Waals surface area (Å²) >= 11 is 0. The molecule has 0 bridgehead atoms. The second-order valence-corrected chi connectivity index (χ2v) is 6.89. The maximum Gasteiger partial charge on any atom is 0.291 e. The van der Waals surface area contributed by atoms with Gasteiger partial charge in [-0.15, -0.1) is 0 Å². The SMILES string of the molecule is COCC(=O)N(C1CCOCC1)C1CCCN(C(=O)c2ocnc2C)C1. The van der Waals surface area contributed by atoms with Gasteiger partial charge in [0.1, 0.15) is 6.61 Å². The molecule has 0 aromatic carbocycles. The summed E-state index contributed by atoms with van der Waals surface area (Å²) in [5.41, 5.74) is 0.592. The van der Waals surface area contributed by atoms with Crippen LogP contribution in [0, 0.1) is 6.92 Å². The molecule has 2 fully saturated rings. The number of piperidine rings is 1. The number of hydrogen-bond acceptors (Lipinski definition) is 6. The number of methoxy groups -OCH3 is 1. The zero-order valence-electron chi connectivity index (χ0n) is 15.5. The minimum absolute atomic E-state index is 0.0123. The van der Waals surface area contributed by atoms with Crippen molar-refractivity contribution in [2.75, 3.05) is 40.0 Å². The number of amides is 2. The van der Waals surface area contributed by atoms with Gasteiger partial charge in [-0.25, -0.2) is 4.98 Å². The average molecular weight is 365 g/mol. The molecule has 8 heteroatoms. The summed E-state index contributed by atoms with van der Waals surface area (Å²) in [6.45, 7) is 4.31. The predicted molar refractivity (Wildman–Crippen MR) is 92.7 cm³/mol. The van der Waals surface area contributed by atoms with Crippen LogP contribution in [0.5, 0.6) is 0 Å². The van der Waals surface area contributed by atoms with Crippen LogP contribution in [-0.2, 0) is 14.3 Å². The molecule has 0 N–H and O–H groups in total. The number of hydrogen-bond donors (Lipinski definition) is 0. The second-order valence-electron chi connectivity index (χ2n) is 6.89. The summed E-state index contributed by atoms with van der Waals surface area (Å²) in [6.07, 6.45) is 4.66. The highest BCUT2D eigenvalue weighted by Crippen LogP contribution is 2.25. The Labute approximate surface area is 153 Å². The van der Waals surface area contributed by atoms with Crippen LogP contribution in [0.3, 0.4) is 0 Å². The molecule has 2 aliphatic rings. The number of nitrogens with zero attached hydrogens (tertiary/aromatic N) is 3. The number of carbonyl (C=O) groups is 2. The molecule has 0 radical (unpaired) electrons. The van der Waals surface area contributed by atoms with Gasteiger partial charge >= 0.3 is 0 Å². The van der Waals surface area contributed by atoms with E-state index in [2.05, 4.69) is 4.98 Å². The van der Waals surface area contributed by atoms with Gasteiger partial charge < -0.3 is 23.7 Å². The Morgan fingerprint density at radius 2 is 2.08 bits per heavy atom. The molecule has 26 heavy (non-hydrogen) atoms. The Bertz CT molecular complexity index is 626. The third-order valence-corrected chi connectivity index (χ3v) is 5.16. The normalized spacial score (nSPS) is 21.6. The number of ether oxygens (including phenoxy) is 2. The summed E-state index contributed by atoms with van der Waals surface area (Å²) in [4.78, 5) is 33.2. The first-order valence-electron chi connectivity index (χ1n) is 9.19. The van der Waals surface area contributed by atoms with E-state index in [0.29, 0.717) is 32.0 Å². The second kappa shape index (κ2) is 8.64. The van der Waals surface area contributed by atoms with Gasteiger partial charge in [0.05, 0.1) is 5.69 Å². The van der Waals surface area contributed by atoms with Crippen LogP contribution in [0.1, 0.15) is 41.9 Å². The average Bonchev–Trinajstić information content (AvgIpc) is 3.09. The molecule has 1 aromatic rings. The maximum absolute atomic E-state index is 12.8. The molecule has 1 atom stereocenters. The van der Waals surface area contributed by atoms with Gasteiger partial charge in [0.15, 0.2) is 6.39 Å². The van der Waals surface area contributed by atoms with E-state index in [0.717, 1.165) is 25.7 Å². The van der Waals surface area contributed by atoms with Crippen molar-refractivity contribution in [1.29, 1.82) is 0 Å². The zero-order valence-corrected chi connectivity index (χ0v) is 15.5. The fourth-order valence-electron chi connectivity index (χ4n) is 3.88. The molecule has 0 aliphatic carbocycles. The van der Waals surface area contributed by atoms with Gasteiger partial charge in [0.2, 0.25) is 11.7 Å². The van der Waals surface area contributed by atoms with Gasteiger partial charge in [-0.3, -0.25) is 9.59 Å². The maximum atomic E-state index is 12.8. The van der Waals surface area contributed by atoms with Crippen LogP contribution in [-0.4, -0.2) is 78.7 Å². The molecule has 3 heterocycles. The minimum atomic E-state index is -0.157. The standard InChI is InChI=1S/C18H27N3O5/c1-13-17(26-12-19-13)18(23)20-7-3-4-15(10-20)21(16(22)11-24-2)14-5-8-25-9-6-14/h12,14-15H,3-11H2,1-2H3. The number of rotatable bonds is 5. The topological polar surface area (TPSA) is 85.1 Å². The molecule has 2 aliphatic heterocycles. The lowest BCUT2D eigenvalue weighted by molar-refractivity contribution is -0.144. The molecule has 8 nitrogen and oxygen atoms in total. The van der Waals surface area contributed by atoms with Crippen molar-refractivity contribution in [3.05, 3.63) is 17.8 Å². The Morgan fingerprint density at radius 3 is 2.73 bits per heavy atom. The number of carbonyl (C=O) groups excluding carboxylic acids is 2. The monoisotopic (exact) mass is 365 g/mol. The Balaban J connectivity index is 1.74. The van der Waals surface area contributed by atoms with Crippen LogP contribution >= 0.6 is 0 Å². The van der Waals surface area contributed by atoms with Crippen molar-refractivity contribution < 1.29 is 23.5 Å². The summed E-state index contributed by atoms with van der Waals surface area (Å²) in [7, 11) is 1.53. The van der Waals surface area contributed by atoms with Gasteiger partial charge in [-0.05, 0) is 32.6 Å². The number of aromatic nitrogens is 1. The predicted octanol–water partition coefficient (Wildman–Crippen LogP) is 1.24. The molecule has 0 spiro atoms. The van der Waals surface area contributed by atoms with E-state index in [9.17, 15) is 9.59 Å². The molecule has 2 amide bonds. The van der Waals surface area contributed by atoms with Crippen LogP contribution in [0.4, 0.5) is 0 Å². The van der Waals surface area contributed by atoms with E-state index in [1.807, 2.05) is 4.90 Å². The molecular weight excluding hydrogens is 338 g/mol. The highest BCUT2D eigenvalue weighted by Gasteiger charge is 2.36. The van der Waals surface area contributed by atoms with E-state index in [4.69, 9.17) is 13.9 Å². The van der Waals surface area contributed by atoms with Crippen LogP contribution in [0.25, 0.3) is 0 Å². The number of aryl methyl sites for hydroxylation is 1. The first-order chi connectivity index (χ1) is 12.6. The number of likely N-dealkylation sites (tertiary alicyclic amines) is 1. The fourth-order valence-corrected chi connectivity index (χ4v) is 3.88. The van der Waals surface area contributed by atoms with Crippen molar-refractivity contribution in [2.24, 2.45) is 0 Å². The first kappa shape index (κ1) is 18.8. The Kier molecular flexibility index (Phi) is 6.26. The first-order valence-corrected chi connectivity index (χ1v) is 9.19.